The molecule has 0 aromatic heterocycles. The molecule has 170 valence electrons. The zero-order chi connectivity index (χ0) is 23.5. The minimum absolute atomic E-state index is 0.103. The normalized spacial score (nSPS) is 17.8. The standard InChI is InChI=1S/C26H24ClFN2O3/c1-16(2)33-23-14-21(32-3)11-12-22(23)26-29-24(17-7-9-19(27)10-8-17)25(30(26)15-31)18-5-4-6-20(28)13-18/h4-16,24-25H,1-3H3. The van der Waals surface area contributed by atoms with Gasteiger partial charge in [0.05, 0.1) is 24.8 Å². The van der Waals surface area contributed by atoms with Crippen LogP contribution in [0.1, 0.15) is 42.6 Å². The second kappa shape index (κ2) is 9.63. The van der Waals surface area contributed by atoms with Crippen LogP contribution < -0.4 is 9.47 Å². The van der Waals surface area contributed by atoms with Crippen molar-refractivity contribution in [2.75, 3.05) is 7.11 Å². The van der Waals surface area contributed by atoms with Gasteiger partial charge in [-0.05, 0) is 61.4 Å². The number of nitrogens with zero attached hydrogens (tertiary/aromatic N) is 2. The summed E-state index contributed by atoms with van der Waals surface area (Å²) in [4.78, 5) is 18.9. The van der Waals surface area contributed by atoms with Crippen LogP contribution in [0, 0.1) is 5.82 Å². The Bertz CT molecular complexity index is 1180. The van der Waals surface area contributed by atoms with Crippen molar-refractivity contribution in [3.63, 3.8) is 0 Å². The first-order valence-electron chi connectivity index (χ1n) is 10.6. The monoisotopic (exact) mass is 466 g/mol. The molecule has 0 bridgehead atoms. The number of hydrogen-bond acceptors (Lipinski definition) is 4. The number of carbonyl (C=O) groups is 1. The molecule has 0 saturated heterocycles. The maximum absolute atomic E-state index is 14.1. The first-order chi connectivity index (χ1) is 15.9. The lowest BCUT2D eigenvalue weighted by Gasteiger charge is -2.27. The zero-order valence-corrected chi connectivity index (χ0v) is 19.3. The maximum atomic E-state index is 14.1. The molecule has 1 aliphatic heterocycles. The van der Waals surface area contributed by atoms with Crippen LogP contribution >= 0.6 is 11.6 Å². The molecule has 2 unspecified atom stereocenters. The number of methoxy groups -OCH3 is 1. The Kier molecular flexibility index (Phi) is 6.65. The number of halogens is 2. The smallest absolute Gasteiger partial charge is 0.215 e. The third kappa shape index (κ3) is 4.71. The van der Waals surface area contributed by atoms with E-state index in [2.05, 4.69) is 0 Å². The number of ether oxygens (including phenoxy) is 2. The van der Waals surface area contributed by atoms with Gasteiger partial charge in [0.25, 0.3) is 0 Å². The highest BCUT2D eigenvalue weighted by molar-refractivity contribution is 6.30. The highest BCUT2D eigenvalue weighted by atomic mass is 35.5. The zero-order valence-electron chi connectivity index (χ0n) is 18.5. The lowest BCUT2D eigenvalue weighted by molar-refractivity contribution is -0.116. The van der Waals surface area contributed by atoms with Gasteiger partial charge in [-0.15, -0.1) is 0 Å². The van der Waals surface area contributed by atoms with Crippen molar-refractivity contribution in [1.82, 2.24) is 4.90 Å². The van der Waals surface area contributed by atoms with E-state index < -0.39 is 12.1 Å². The SMILES string of the molecule is COc1ccc(C2=NC(c3ccc(Cl)cc3)C(c3cccc(F)c3)N2C=O)c(OC(C)C)c1. The van der Waals surface area contributed by atoms with Crippen molar-refractivity contribution in [2.24, 2.45) is 4.99 Å². The second-order valence-corrected chi connectivity index (χ2v) is 8.43. The largest absolute Gasteiger partial charge is 0.497 e. The van der Waals surface area contributed by atoms with E-state index in [0.29, 0.717) is 33.5 Å². The summed E-state index contributed by atoms with van der Waals surface area (Å²) in [6, 6.07) is 17.9. The summed E-state index contributed by atoms with van der Waals surface area (Å²) in [5, 5.41) is 0.596. The molecule has 0 fully saturated rings. The van der Waals surface area contributed by atoms with Crippen molar-refractivity contribution >= 4 is 23.8 Å². The average molecular weight is 467 g/mol. The molecule has 3 aromatic rings. The van der Waals surface area contributed by atoms with Gasteiger partial charge in [-0.25, -0.2) is 4.39 Å². The van der Waals surface area contributed by atoms with Crippen LogP contribution in [-0.2, 0) is 4.79 Å². The number of rotatable bonds is 7. The van der Waals surface area contributed by atoms with E-state index in [4.69, 9.17) is 26.1 Å². The molecule has 1 amide bonds. The lowest BCUT2D eigenvalue weighted by atomic mass is 9.94. The number of carbonyl (C=O) groups excluding carboxylic acids is 1. The van der Waals surface area contributed by atoms with Crippen molar-refractivity contribution in [1.29, 1.82) is 0 Å². The molecule has 2 atom stereocenters. The Morgan fingerprint density at radius 2 is 1.82 bits per heavy atom. The molecular formula is C26H24ClFN2O3. The van der Waals surface area contributed by atoms with Gasteiger partial charge in [0.1, 0.15) is 29.2 Å². The Labute approximate surface area is 197 Å². The van der Waals surface area contributed by atoms with Crippen LogP contribution in [0.15, 0.2) is 71.7 Å². The van der Waals surface area contributed by atoms with Gasteiger partial charge in [-0.2, -0.15) is 0 Å². The van der Waals surface area contributed by atoms with Gasteiger partial charge in [-0.3, -0.25) is 14.7 Å². The molecule has 5 nitrogen and oxygen atoms in total. The number of hydrogen-bond donors (Lipinski definition) is 0. The Hall–Kier alpha value is -3.38. The van der Waals surface area contributed by atoms with Crippen LogP contribution in [0.3, 0.4) is 0 Å². The third-order valence-electron chi connectivity index (χ3n) is 5.41. The van der Waals surface area contributed by atoms with Gasteiger partial charge in [0, 0.05) is 11.1 Å². The van der Waals surface area contributed by atoms with Crippen molar-refractivity contribution in [2.45, 2.75) is 32.0 Å². The van der Waals surface area contributed by atoms with E-state index in [9.17, 15) is 9.18 Å². The summed E-state index contributed by atoms with van der Waals surface area (Å²) in [7, 11) is 1.58. The molecule has 1 aliphatic rings. The molecule has 4 rings (SSSR count). The molecule has 1 heterocycles. The van der Waals surface area contributed by atoms with Gasteiger partial charge < -0.3 is 9.47 Å². The van der Waals surface area contributed by atoms with Gasteiger partial charge in [-0.1, -0.05) is 35.9 Å². The van der Waals surface area contributed by atoms with Crippen LogP contribution in [0.5, 0.6) is 11.5 Å². The summed E-state index contributed by atoms with van der Waals surface area (Å²) in [6.07, 6.45) is 0.627. The van der Waals surface area contributed by atoms with Crippen molar-refractivity contribution in [3.05, 3.63) is 94.3 Å². The Balaban J connectivity index is 1.88. The van der Waals surface area contributed by atoms with Crippen molar-refractivity contribution in [3.8, 4) is 11.5 Å². The molecule has 7 heteroatoms. The lowest BCUT2D eigenvalue weighted by Crippen LogP contribution is -2.31. The number of aliphatic imine (C=N–C) groups is 1. The predicted octanol–water partition coefficient (Wildman–Crippen LogP) is 5.98. The van der Waals surface area contributed by atoms with Crippen LogP contribution in [0.25, 0.3) is 0 Å². The highest BCUT2D eigenvalue weighted by Gasteiger charge is 2.40. The van der Waals surface area contributed by atoms with E-state index in [1.165, 1.54) is 17.0 Å². The van der Waals surface area contributed by atoms with Crippen LogP contribution in [0.4, 0.5) is 4.39 Å². The molecule has 0 aliphatic carbocycles. The minimum atomic E-state index is -0.539. The molecule has 33 heavy (non-hydrogen) atoms. The summed E-state index contributed by atoms with van der Waals surface area (Å²) in [5.41, 5.74) is 2.14. The van der Waals surface area contributed by atoms with Crippen molar-refractivity contribution < 1.29 is 18.7 Å². The summed E-state index contributed by atoms with van der Waals surface area (Å²) >= 11 is 6.09. The summed E-state index contributed by atoms with van der Waals surface area (Å²) in [5.74, 6) is 1.23. The quantitative estimate of drug-likeness (QED) is 0.403. The fourth-order valence-electron chi connectivity index (χ4n) is 3.99. The molecule has 0 N–H and O–H groups in total. The topological polar surface area (TPSA) is 51.1 Å². The minimum Gasteiger partial charge on any atom is -0.497 e. The number of amidine groups is 1. The highest BCUT2D eigenvalue weighted by Crippen LogP contribution is 2.44. The van der Waals surface area contributed by atoms with E-state index in [1.54, 1.807) is 43.5 Å². The van der Waals surface area contributed by atoms with Gasteiger partial charge >= 0.3 is 0 Å². The first-order valence-corrected chi connectivity index (χ1v) is 11.0. The van der Waals surface area contributed by atoms with Crippen LogP contribution in [0.2, 0.25) is 5.02 Å². The fourth-order valence-corrected chi connectivity index (χ4v) is 4.12. The predicted molar refractivity (Wildman–Crippen MR) is 127 cm³/mol. The molecular weight excluding hydrogens is 443 g/mol. The maximum Gasteiger partial charge on any atom is 0.215 e. The molecule has 0 saturated carbocycles. The average Bonchev–Trinajstić information content (AvgIpc) is 3.18. The van der Waals surface area contributed by atoms with Gasteiger partial charge in [0.2, 0.25) is 6.41 Å². The number of amides is 1. The fraction of sp³-hybridized carbons (Fsp3) is 0.231. The van der Waals surface area contributed by atoms with E-state index in [1.807, 2.05) is 32.0 Å². The molecule has 0 radical (unpaired) electrons. The second-order valence-electron chi connectivity index (χ2n) is 7.99. The van der Waals surface area contributed by atoms with E-state index in [0.717, 1.165) is 12.0 Å². The van der Waals surface area contributed by atoms with Crippen LogP contribution in [-0.4, -0.2) is 30.4 Å². The van der Waals surface area contributed by atoms with Gasteiger partial charge in [0.15, 0.2) is 0 Å². The molecule has 3 aromatic carbocycles. The molecule has 0 spiro atoms. The summed E-state index contributed by atoms with van der Waals surface area (Å²) < 4.78 is 25.5. The third-order valence-corrected chi connectivity index (χ3v) is 5.66. The van der Waals surface area contributed by atoms with E-state index >= 15 is 0 Å². The first kappa shape index (κ1) is 22.8. The Morgan fingerprint density at radius 3 is 2.45 bits per heavy atom. The van der Waals surface area contributed by atoms with E-state index in [-0.39, 0.29) is 11.9 Å². The number of benzene rings is 3. The summed E-state index contributed by atoms with van der Waals surface area (Å²) in [6.45, 7) is 3.84. The Morgan fingerprint density at radius 1 is 1.06 bits per heavy atom.